The molecule has 0 aliphatic carbocycles. The molecule has 0 saturated heterocycles. The first-order valence-corrected chi connectivity index (χ1v) is 16.5. The van der Waals surface area contributed by atoms with Crippen LogP contribution in [-0.2, 0) is 0 Å². The van der Waals surface area contributed by atoms with Crippen LogP contribution in [0.25, 0.3) is 22.5 Å². The molecule has 0 unspecified atom stereocenters. The number of hydrogen-bond donors (Lipinski definition) is 2. The molecule has 2 amide bonds. The summed E-state index contributed by atoms with van der Waals surface area (Å²) in [5.74, 6) is 3.03. The third-order valence-electron chi connectivity index (χ3n) is 7.29. The van der Waals surface area contributed by atoms with E-state index in [1.807, 2.05) is 35.0 Å². The lowest BCUT2D eigenvalue weighted by Gasteiger charge is -2.09. The summed E-state index contributed by atoms with van der Waals surface area (Å²) in [7, 11) is 6.34. The van der Waals surface area contributed by atoms with Crippen molar-refractivity contribution < 1.29 is 33.3 Å². The summed E-state index contributed by atoms with van der Waals surface area (Å²) >= 11 is 2.63. The summed E-state index contributed by atoms with van der Waals surface area (Å²) < 4.78 is 27.4. The Hall–Kier alpha value is -5.92. The lowest BCUT2D eigenvalue weighted by Crippen LogP contribution is -2.11. The molecule has 6 rings (SSSR count). The van der Waals surface area contributed by atoms with E-state index >= 15 is 0 Å². The highest BCUT2D eigenvalue weighted by molar-refractivity contribution is 7.14. The van der Waals surface area contributed by atoms with Crippen molar-refractivity contribution in [3.63, 3.8) is 0 Å². The molecule has 2 aromatic heterocycles. The molecule has 4 aromatic carbocycles. The molecule has 0 radical (unpaired) electrons. The van der Waals surface area contributed by atoms with Crippen LogP contribution in [0.15, 0.2) is 95.7 Å². The number of amides is 2. The minimum Gasteiger partial charge on any atom is -0.497 e. The van der Waals surface area contributed by atoms with Gasteiger partial charge in [-0.2, -0.15) is 0 Å². The number of carbonyl (C=O) groups excluding carboxylic acids is 2. The molecular weight excluding hydrogens is 665 g/mol. The lowest BCUT2D eigenvalue weighted by molar-refractivity contribution is 0.101. The highest BCUT2D eigenvalue weighted by Crippen LogP contribution is 2.36. The van der Waals surface area contributed by atoms with Gasteiger partial charge in [0.15, 0.2) is 10.3 Å². The van der Waals surface area contributed by atoms with Crippen LogP contribution in [0.2, 0.25) is 0 Å². The molecule has 0 fully saturated rings. The van der Waals surface area contributed by atoms with E-state index in [2.05, 4.69) is 20.6 Å². The smallest absolute Gasteiger partial charge is 0.257 e. The number of nitrogens with one attached hydrogen (secondary N) is 2. The quantitative estimate of drug-likeness (QED) is 0.130. The lowest BCUT2D eigenvalue weighted by atomic mass is 10.1. The number of carbonyl (C=O) groups is 2. The van der Waals surface area contributed by atoms with Gasteiger partial charge in [0, 0.05) is 45.1 Å². The van der Waals surface area contributed by atoms with E-state index < -0.39 is 0 Å². The summed E-state index contributed by atoms with van der Waals surface area (Å²) in [5.41, 5.74) is 3.80. The maximum absolute atomic E-state index is 12.9. The van der Waals surface area contributed by atoms with Crippen LogP contribution >= 0.6 is 22.7 Å². The molecule has 0 atom stereocenters. The number of benzene rings is 4. The Balaban J connectivity index is 1.04. The Morgan fingerprint density at radius 2 is 0.918 bits per heavy atom. The van der Waals surface area contributed by atoms with E-state index in [1.54, 1.807) is 89.1 Å². The minimum atomic E-state index is -0.306. The van der Waals surface area contributed by atoms with Gasteiger partial charge in [-0.25, -0.2) is 9.97 Å². The van der Waals surface area contributed by atoms with E-state index in [-0.39, 0.29) is 11.8 Å². The van der Waals surface area contributed by atoms with Gasteiger partial charge in [0.2, 0.25) is 0 Å². The van der Waals surface area contributed by atoms with E-state index in [1.165, 1.54) is 22.7 Å². The summed E-state index contributed by atoms with van der Waals surface area (Å²) in [6.07, 6.45) is 0. The normalized spacial score (nSPS) is 10.6. The minimum absolute atomic E-state index is 0.306. The summed E-state index contributed by atoms with van der Waals surface area (Å²) in [6, 6.07) is 24.4. The topological polar surface area (TPSA) is 130 Å². The fraction of sp³-hybridized carbons (Fsp3) is 0.111. The zero-order valence-electron chi connectivity index (χ0n) is 26.8. The molecule has 13 heteroatoms. The molecule has 248 valence electrons. The van der Waals surface area contributed by atoms with Crippen LogP contribution in [0.1, 0.15) is 20.7 Å². The van der Waals surface area contributed by atoms with Crippen LogP contribution < -0.4 is 34.3 Å². The van der Waals surface area contributed by atoms with Gasteiger partial charge in [-0.1, -0.05) is 0 Å². The monoisotopic (exact) mass is 694 g/mol. The fourth-order valence-electron chi connectivity index (χ4n) is 4.75. The van der Waals surface area contributed by atoms with Gasteiger partial charge in [-0.15, -0.1) is 22.7 Å². The Bertz CT molecular complexity index is 1940. The Morgan fingerprint density at radius 3 is 1.29 bits per heavy atom. The van der Waals surface area contributed by atoms with Crippen molar-refractivity contribution in [3.05, 3.63) is 107 Å². The number of anilines is 2. The molecular formula is C36H30N4O7S2. The average molecular weight is 695 g/mol. The van der Waals surface area contributed by atoms with E-state index in [0.29, 0.717) is 67.3 Å². The summed E-state index contributed by atoms with van der Waals surface area (Å²) in [5, 5.41) is 10.3. The van der Waals surface area contributed by atoms with Gasteiger partial charge in [-0.05, 0) is 72.8 Å². The Kier molecular flexibility index (Phi) is 10.0. The van der Waals surface area contributed by atoms with Crippen LogP contribution in [0.4, 0.5) is 10.3 Å². The largest absolute Gasteiger partial charge is 0.497 e. The van der Waals surface area contributed by atoms with Crippen LogP contribution in [0.5, 0.6) is 34.5 Å². The summed E-state index contributed by atoms with van der Waals surface area (Å²) in [6.45, 7) is 0. The Labute approximate surface area is 290 Å². The van der Waals surface area contributed by atoms with Crippen molar-refractivity contribution in [2.45, 2.75) is 0 Å². The first kappa shape index (κ1) is 33.0. The fourth-order valence-corrected chi connectivity index (χ4v) is 6.16. The van der Waals surface area contributed by atoms with Gasteiger partial charge in [0.25, 0.3) is 11.8 Å². The third kappa shape index (κ3) is 7.64. The van der Waals surface area contributed by atoms with Gasteiger partial charge in [0.1, 0.15) is 34.5 Å². The van der Waals surface area contributed by atoms with Gasteiger partial charge < -0.3 is 23.7 Å². The van der Waals surface area contributed by atoms with Gasteiger partial charge in [0.05, 0.1) is 39.8 Å². The van der Waals surface area contributed by atoms with Crippen LogP contribution in [0, 0.1) is 0 Å². The molecule has 6 aromatic rings. The number of thiazole rings is 2. The molecule has 0 aliphatic rings. The predicted octanol–water partition coefficient (Wildman–Crippen LogP) is 8.26. The molecule has 49 heavy (non-hydrogen) atoms. The molecule has 2 heterocycles. The number of nitrogens with zero attached hydrogens (tertiary/aromatic N) is 2. The average Bonchev–Trinajstić information content (AvgIpc) is 3.81. The highest BCUT2D eigenvalue weighted by atomic mass is 32.1. The predicted molar refractivity (Wildman–Crippen MR) is 190 cm³/mol. The Morgan fingerprint density at radius 1 is 0.531 bits per heavy atom. The number of methoxy groups -OCH3 is 4. The van der Waals surface area contributed by atoms with Crippen LogP contribution in [0.3, 0.4) is 0 Å². The second kappa shape index (κ2) is 14.9. The first-order valence-electron chi connectivity index (χ1n) is 14.7. The first-order chi connectivity index (χ1) is 23.9. The third-order valence-corrected chi connectivity index (χ3v) is 8.80. The molecule has 0 aliphatic heterocycles. The number of ether oxygens (including phenoxy) is 5. The number of rotatable bonds is 12. The maximum Gasteiger partial charge on any atom is 0.257 e. The van der Waals surface area contributed by atoms with Gasteiger partial charge in [-0.3, -0.25) is 20.2 Å². The molecule has 0 spiro atoms. The van der Waals surface area contributed by atoms with E-state index in [9.17, 15) is 9.59 Å². The second-order valence-electron chi connectivity index (χ2n) is 10.3. The molecule has 0 bridgehead atoms. The van der Waals surface area contributed by atoms with Crippen molar-refractivity contribution in [1.82, 2.24) is 9.97 Å². The zero-order chi connectivity index (χ0) is 34.3. The molecule has 0 saturated carbocycles. The van der Waals surface area contributed by atoms with Crippen molar-refractivity contribution in [2.75, 3.05) is 39.1 Å². The number of aromatic nitrogens is 2. The SMILES string of the molecule is COc1ccc(-c2csc(NC(=O)c3ccc(Oc4ccc(C(=O)Nc5nc(-c6ccc(OC)cc6OC)cs5)cc4)cc3)n2)c(OC)c1. The van der Waals surface area contributed by atoms with Crippen molar-refractivity contribution >= 4 is 44.8 Å². The van der Waals surface area contributed by atoms with E-state index in [0.717, 1.165) is 11.1 Å². The summed E-state index contributed by atoms with van der Waals surface area (Å²) in [4.78, 5) is 34.9. The highest BCUT2D eigenvalue weighted by Gasteiger charge is 2.16. The van der Waals surface area contributed by atoms with Crippen molar-refractivity contribution in [1.29, 1.82) is 0 Å². The van der Waals surface area contributed by atoms with Crippen molar-refractivity contribution in [3.8, 4) is 57.0 Å². The molecule has 11 nitrogen and oxygen atoms in total. The molecule has 2 N–H and O–H groups in total. The standard InChI is InChI=1S/C36H30N4O7S2/c1-43-25-13-15-27(31(17-25)45-3)29-19-48-35(37-29)39-33(41)21-5-9-23(10-6-21)47-24-11-7-22(8-12-24)34(42)40-36-38-30(20-49-36)28-16-14-26(44-2)18-32(28)46-4/h5-20H,1-4H3,(H,37,39,41)(H,38,40,42). The van der Waals surface area contributed by atoms with Gasteiger partial charge >= 0.3 is 0 Å². The number of hydrogen-bond acceptors (Lipinski definition) is 11. The maximum atomic E-state index is 12.9. The van der Waals surface area contributed by atoms with Crippen molar-refractivity contribution in [2.24, 2.45) is 0 Å². The second-order valence-corrected chi connectivity index (χ2v) is 12.0. The van der Waals surface area contributed by atoms with Crippen LogP contribution in [-0.4, -0.2) is 50.2 Å². The zero-order valence-corrected chi connectivity index (χ0v) is 28.4. The van der Waals surface area contributed by atoms with E-state index in [4.69, 9.17) is 23.7 Å².